The van der Waals surface area contributed by atoms with Crippen molar-refractivity contribution in [2.75, 3.05) is 47.9 Å². The van der Waals surface area contributed by atoms with Crippen LogP contribution in [0.2, 0.25) is 10.0 Å². The van der Waals surface area contributed by atoms with Crippen molar-refractivity contribution in [3.63, 3.8) is 0 Å². The number of aliphatic hydroxyl groups excluding tert-OH is 7. The van der Waals surface area contributed by atoms with Crippen molar-refractivity contribution in [1.82, 2.24) is 52.8 Å². The SMILES string of the molecule is CCCCCCCCCCCC(=O)N[C@H]1[C@H](Oc2c3cc4cc2Oc2ccc(cc2Cl)[C@@H](O)[C@@H]2NC(=O)[C@H](NC(=O)[C@@H]4NC(=O)[C@H]4NC(=O)[C@@H](Cc5ccc(cc5)O3)NC(=O)[C@H](NC)c3ccc(O)c(c3)Oc3cc(O)c(Cl)c4c3)c3ccc(O)c(c3)-c3c(O[C@H]4O[C@H](CO)[C@@H](O)[C@H](O)[C@@H]4O)cc(O)cc3[C@@H](C(=O)NCCCN(C)C)NC2=O)O[C@H](C(=O)OC)[C@@H](O)[C@@H]1O. The molecule has 0 spiro atoms. The van der Waals surface area contributed by atoms with Gasteiger partial charge in [0.15, 0.2) is 29.1 Å². The number of carbonyl (C=O) groups excluding carboxylic acids is 9. The fraction of sp³-hybridized carbons (Fsp3) is 0.427. The number of aliphatic hydroxyl groups is 7. The first kappa shape index (κ1) is 94.7. The van der Waals surface area contributed by atoms with Gasteiger partial charge in [0.25, 0.3) is 0 Å². The Bertz CT molecular complexity index is 5340. The molecule has 0 aliphatic carbocycles. The third kappa shape index (κ3) is 21.5. The van der Waals surface area contributed by atoms with Crippen molar-refractivity contribution in [3.8, 4) is 80.1 Å². The molecule has 17 bridgehead atoms. The van der Waals surface area contributed by atoms with E-state index in [2.05, 4.69) is 54.8 Å². The average Bonchev–Trinajstić information content (AvgIpc) is 0.748. The van der Waals surface area contributed by atoms with Crippen LogP contribution in [0, 0.1) is 0 Å². The Labute approximate surface area is 748 Å². The van der Waals surface area contributed by atoms with E-state index in [1.807, 2.05) is 4.90 Å². The summed E-state index contributed by atoms with van der Waals surface area (Å²) in [6, 6.07) is 6.09. The van der Waals surface area contributed by atoms with E-state index in [4.69, 9.17) is 61.1 Å². The van der Waals surface area contributed by atoms with Crippen LogP contribution in [-0.4, -0.2) is 236 Å². The molecule has 2 fully saturated rings. The minimum atomic E-state index is -2.44. The number of rotatable bonds is 23. The lowest BCUT2D eigenvalue weighted by Gasteiger charge is -2.41. The smallest absolute Gasteiger partial charge is 0.337 e. The summed E-state index contributed by atoms with van der Waals surface area (Å²) >= 11 is 14.4. The topological polar surface area (TPSA) is 562 Å². The van der Waals surface area contributed by atoms with Gasteiger partial charge in [-0.3, -0.25) is 38.4 Å². The number of halogens is 2. The van der Waals surface area contributed by atoms with Gasteiger partial charge in [-0.15, -0.1) is 0 Å². The van der Waals surface area contributed by atoms with Crippen LogP contribution >= 0.6 is 23.2 Å². The molecule has 8 aliphatic rings. The van der Waals surface area contributed by atoms with Gasteiger partial charge in [0.1, 0.15) is 131 Å². The number of methoxy groups -OCH3 is 1. The number of aromatic hydroxyl groups is 4. The van der Waals surface area contributed by atoms with Gasteiger partial charge in [-0.05, 0) is 147 Å². The van der Waals surface area contributed by atoms with Crippen molar-refractivity contribution in [3.05, 3.63) is 164 Å². The molecule has 0 aromatic heterocycles. The second kappa shape index (κ2) is 41.7. The molecular formula is C89H102Cl2N10O28. The fourth-order valence-electron chi connectivity index (χ4n) is 16.1. The highest BCUT2D eigenvalue weighted by molar-refractivity contribution is 6.33. The number of ether oxygens (including phenoxy) is 8. The Balaban J connectivity index is 1.04. The summed E-state index contributed by atoms with van der Waals surface area (Å²) in [7, 11) is 5.94. The molecule has 0 unspecified atom stereocenters. The number of phenolic OH excluding ortho intramolecular Hbond substituents is 4. The summed E-state index contributed by atoms with van der Waals surface area (Å²) < 4.78 is 50.0. The van der Waals surface area contributed by atoms with Gasteiger partial charge in [-0.1, -0.05) is 112 Å². The summed E-state index contributed by atoms with van der Waals surface area (Å²) in [5.74, 6) is -17.1. The number of nitrogens with one attached hydrogen (secondary N) is 9. The monoisotopic (exact) mass is 1830 g/mol. The molecule has 15 rings (SSSR count). The molecular weight excluding hydrogens is 1730 g/mol. The number of hydrogen-bond acceptors (Lipinski definition) is 30. The molecule has 0 saturated carbocycles. The lowest BCUT2D eigenvalue weighted by Crippen LogP contribution is -2.66. The molecule has 38 nitrogen and oxygen atoms in total. The van der Waals surface area contributed by atoms with Crippen LogP contribution in [0.15, 0.2) is 115 Å². The molecule has 0 radical (unpaired) electrons. The first-order chi connectivity index (χ1) is 61.7. The van der Waals surface area contributed by atoms with E-state index in [9.17, 15) is 70.6 Å². The molecule has 129 heavy (non-hydrogen) atoms. The number of amides is 8. The number of fused-ring (bicyclic) bond motifs is 14. The number of esters is 1. The molecule has 8 heterocycles. The van der Waals surface area contributed by atoms with Gasteiger partial charge in [0.05, 0.1) is 23.8 Å². The summed E-state index contributed by atoms with van der Waals surface area (Å²) in [5, 5.41) is 151. The highest BCUT2D eigenvalue weighted by Gasteiger charge is 2.52. The highest BCUT2D eigenvalue weighted by atomic mass is 35.5. The molecule has 7 aromatic carbocycles. The maximum Gasteiger partial charge on any atom is 0.337 e. The van der Waals surface area contributed by atoms with Crippen LogP contribution in [0.3, 0.4) is 0 Å². The lowest BCUT2D eigenvalue weighted by atomic mass is 9.89. The van der Waals surface area contributed by atoms with Crippen LogP contribution in [0.5, 0.6) is 69.0 Å². The van der Waals surface area contributed by atoms with E-state index in [-0.39, 0.29) is 41.3 Å². The van der Waals surface area contributed by atoms with Crippen molar-refractivity contribution < 1.29 is 137 Å². The second-order valence-electron chi connectivity index (χ2n) is 32.4. The zero-order valence-electron chi connectivity index (χ0n) is 70.5. The van der Waals surface area contributed by atoms with Crippen LogP contribution < -0.4 is 71.5 Å². The minimum Gasteiger partial charge on any atom is -0.508 e. The number of unbranched alkanes of at least 4 members (excludes halogenated alkanes) is 8. The third-order valence-electron chi connectivity index (χ3n) is 23.0. The predicted octanol–water partition coefficient (Wildman–Crippen LogP) is 4.40. The van der Waals surface area contributed by atoms with E-state index in [1.54, 1.807) is 14.1 Å². The van der Waals surface area contributed by atoms with Crippen molar-refractivity contribution in [2.24, 2.45) is 0 Å². The largest absolute Gasteiger partial charge is 0.508 e. The summed E-state index contributed by atoms with van der Waals surface area (Å²) in [6.45, 7) is 1.48. The molecule has 20 N–H and O–H groups in total. The van der Waals surface area contributed by atoms with E-state index < -0.39 is 271 Å². The number of carbonyl (C=O) groups is 9. The molecule has 8 amide bonds. The highest BCUT2D eigenvalue weighted by Crippen LogP contribution is 2.51. The number of benzene rings is 7. The van der Waals surface area contributed by atoms with E-state index in [1.165, 1.54) is 55.6 Å². The maximum absolute atomic E-state index is 16.9. The van der Waals surface area contributed by atoms with Gasteiger partial charge >= 0.3 is 5.97 Å². The Kier molecular flexibility index (Phi) is 30.6. The molecule has 40 heteroatoms. The van der Waals surface area contributed by atoms with Crippen LogP contribution in [-0.2, 0) is 63.8 Å². The zero-order valence-corrected chi connectivity index (χ0v) is 72.0. The Morgan fingerprint density at radius 2 is 1.19 bits per heavy atom. The fourth-order valence-corrected chi connectivity index (χ4v) is 16.5. The van der Waals surface area contributed by atoms with E-state index >= 15 is 28.8 Å². The molecule has 18 atom stereocenters. The van der Waals surface area contributed by atoms with Gasteiger partial charge in [0.2, 0.25) is 65.6 Å². The minimum absolute atomic E-state index is 0.0893. The van der Waals surface area contributed by atoms with E-state index in [0.717, 1.165) is 119 Å². The summed E-state index contributed by atoms with van der Waals surface area (Å²) in [6.07, 6.45) is -12.8. The summed E-state index contributed by atoms with van der Waals surface area (Å²) in [5.41, 5.74) is -2.58. The predicted molar refractivity (Wildman–Crippen MR) is 457 cm³/mol. The molecule has 7 aromatic rings. The van der Waals surface area contributed by atoms with Crippen LogP contribution in [0.25, 0.3) is 11.1 Å². The van der Waals surface area contributed by atoms with Crippen molar-refractivity contribution in [1.29, 1.82) is 0 Å². The first-order valence-electron chi connectivity index (χ1n) is 42.0. The zero-order chi connectivity index (χ0) is 92.5. The van der Waals surface area contributed by atoms with Gasteiger partial charge < -0.3 is 147 Å². The Hall–Kier alpha value is -11.9. The molecule has 2 saturated heterocycles. The van der Waals surface area contributed by atoms with Crippen LogP contribution in [0.4, 0.5) is 0 Å². The Morgan fingerprint density at radius 1 is 0.550 bits per heavy atom. The number of hydrogen-bond donors (Lipinski definition) is 20. The quantitative estimate of drug-likeness (QED) is 0.0312. The maximum atomic E-state index is 16.9. The van der Waals surface area contributed by atoms with Gasteiger partial charge in [0, 0.05) is 48.2 Å². The summed E-state index contributed by atoms with van der Waals surface area (Å²) in [4.78, 5) is 141. The third-order valence-corrected chi connectivity index (χ3v) is 23.7. The Morgan fingerprint density at radius 3 is 1.88 bits per heavy atom. The standard InChI is InChI=1S/C89H102Cl2N10O28/c1-6-7-8-9-10-11-12-13-14-16-62(107)95-71-74(110)76(112)79(87(121)122-5)129-88(71)128-78-59-33-44-34-60(78)125-56-26-21-43(31-51(56)90)72(108)70-86(120)99-68(81(115)93-27-15-28-101(3)4)49-35-45(103)36-58(126-89-77(113)75(111)73(109)61(39-102)127-89)63(49)48-30-41(19-24-53(48)104)66(83(117)100-70)96-84(118)67(44)97-85(119)69-50-37-47(38-55(106)64(50)91)124-57-32-42(20-25-54(57)105)65(92-2)82(116)94-52(80(114)98-69)29-40-17-22-46(123-59)23-18-40/h17-26,30-38,52,61,65-77,79,88-89,92,102-106,108-113H,6-16,27-29,39H2,1-5H3,(H,93,115)(H,94,116)(H,95,107)(H,96,118)(H,97,119)(H,98,114)(H,99,120)(H,100,117)/t52-,61-,65-,66-,67-,68+,69+,70+,71-,72-,73-,74-,75+,76+,77+,79+,88-,89+/m1/s1. The average molecular weight is 1830 g/mol. The number of nitrogens with zero attached hydrogens (tertiary/aromatic N) is 1. The number of likely N-dealkylation sites (N-methyl/N-ethyl adjacent to an activating group) is 1. The number of phenols is 4. The van der Waals surface area contributed by atoms with Crippen LogP contribution in [0.1, 0.15) is 153 Å². The second-order valence-corrected chi connectivity index (χ2v) is 33.2. The van der Waals surface area contributed by atoms with Gasteiger partial charge in [-0.25, -0.2) is 4.79 Å². The van der Waals surface area contributed by atoms with E-state index in [0.29, 0.717) is 31.4 Å². The lowest BCUT2D eigenvalue weighted by molar-refractivity contribution is -0.277. The normalized spacial score (nSPS) is 25.7. The van der Waals surface area contributed by atoms with Crippen molar-refractivity contribution >= 4 is 76.4 Å². The van der Waals surface area contributed by atoms with Crippen molar-refractivity contribution in [2.45, 2.75) is 194 Å². The molecule has 690 valence electrons. The van der Waals surface area contributed by atoms with Gasteiger partial charge in [-0.2, -0.15) is 0 Å². The molecule has 8 aliphatic heterocycles. The first-order valence-corrected chi connectivity index (χ1v) is 42.8.